The lowest BCUT2D eigenvalue weighted by atomic mass is 10.0. The fraction of sp³-hybridized carbons (Fsp3) is 0.250. The molecule has 0 saturated carbocycles. The van der Waals surface area contributed by atoms with Crippen LogP contribution in [0.2, 0.25) is 0 Å². The van der Waals surface area contributed by atoms with E-state index in [-0.39, 0.29) is 12.4 Å². The molecule has 1 heterocycles. The Hall–Kier alpha value is -3.35. The minimum atomic E-state index is -0.741. The predicted octanol–water partition coefficient (Wildman–Crippen LogP) is 2.50. The predicted molar refractivity (Wildman–Crippen MR) is 98.2 cm³/mol. The quantitative estimate of drug-likeness (QED) is 0.473. The normalized spacial score (nSPS) is 11.8. The number of carbonyl (C=O) groups excluding carboxylic acids is 2. The van der Waals surface area contributed by atoms with E-state index in [1.807, 2.05) is 56.3 Å². The van der Waals surface area contributed by atoms with Gasteiger partial charge in [0, 0.05) is 12.0 Å². The topological polar surface area (TPSA) is 87.0 Å². The molecule has 0 fully saturated rings. The molecule has 7 heteroatoms. The van der Waals surface area contributed by atoms with Crippen molar-refractivity contribution in [1.82, 2.24) is 20.2 Å². The van der Waals surface area contributed by atoms with Crippen molar-refractivity contribution in [3.8, 4) is 0 Å². The number of hydrogen-bond acceptors (Lipinski definition) is 6. The van der Waals surface area contributed by atoms with Gasteiger partial charge in [0.2, 0.25) is 5.78 Å². The van der Waals surface area contributed by atoms with Crippen molar-refractivity contribution < 1.29 is 14.3 Å². The number of carbonyl (C=O) groups is 2. The second-order valence-corrected chi connectivity index (χ2v) is 6.34. The summed E-state index contributed by atoms with van der Waals surface area (Å²) in [6.45, 7) is 3.50. The van der Waals surface area contributed by atoms with E-state index in [0.29, 0.717) is 12.0 Å². The average molecular weight is 364 g/mol. The number of rotatable bonds is 7. The van der Waals surface area contributed by atoms with Crippen LogP contribution < -0.4 is 0 Å². The third-order valence-electron chi connectivity index (χ3n) is 4.26. The SMILES string of the molecule is Cc1ccc(C(=O)COC(=O)[C@H](Cc2ccccc2)n2cnnn2)c(C)c1. The Morgan fingerprint density at radius 3 is 2.56 bits per heavy atom. The van der Waals surface area contributed by atoms with Crippen molar-refractivity contribution in [3.63, 3.8) is 0 Å². The van der Waals surface area contributed by atoms with E-state index in [0.717, 1.165) is 16.7 Å². The van der Waals surface area contributed by atoms with Crippen LogP contribution in [-0.4, -0.2) is 38.6 Å². The van der Waals surface area contributed by atoms with Gasteiger partial charge in [0.1, 0.15) is 6.33 Å². The Kier molecular flexibility index (Phi) is 5.71. The number of esters is 1. The summed E-state index contributed by atoms with van der Waals surface area (Å²) in [5.41, 5.74) is 3.42. The highest BCUT2D eigenvalue weighted by Gasteiger charge is 2.25. The summed E-state index contributed by atoms with van der Waals surface area (Å²) in [4.78, 5) is 25.1. The first-order valence-electron chi connectivity index (χ1n) is 8.58. The van der Waals surface area contributed by atoms with Crippen LogP contribution in [0.5, 0.6) is 0 Å². The average Bonchev–Trinajstić information content (AvgIpc) is 3.19. The summed E-state index contributed by atoms with van der Waals surface area (Å²) in [5, 5.41) is 11.0. The number of aromatic nitrogens is 4. The summed E-state index contributed by atoms with van der Waals surface area (Å²) in [5.74, 6) is -0.791. The number of tetrazole rings is 1. The van der Waals surface area contributed by atoms with Gasteiger partial charge in [-0.25, -0.2) is 9.48 Å². The van der Waals surface area contributed by atoms with Crippen LogP contribution in [0.25, 0.3) is 0 Å². The Bertz CT molecular complexity index is 924. The van der Waals surface area contributed by atoms with Crippen LogP contribution in [-0.2, 0) is 16.0 Å². The van der Waals surface area contributed by atoms with E-state index in [9.17, 15) is 9.59 Å². The Morgan fingerprint density at radius 1 is 1.11 bits per heavy atom. The lowest BCUT2D eigenvalue weighted by Gasteiger charge is -2.15. The minimum Gasteiger partial charge on any atom is -0.456 e. The summed E-state index contributed by atoms with van der Waals surface area (Å²) < 4.78 is 6.64. The molecule has 0 radical (unpaired) electrons. The molecule has 2 aromatic carbocycles. The highest BCUT2D eigenvalue weighted by Crippen LogP contribution is 2.16. The standard InChI is InChI=1S/C20H20N4O3/c1-14-8-9-17(15(2)10-14)19(25)12-27-20(26)18(24-13-21-22-23-24)11-16-6-4-3-5-7-16/h3-10,13,18H,11-12H2,1-2H3/t18-/m0/s1. The van der Waals surface area contributed by atoms with E-state index >= 15 is 0 Å². The molecule has 0 bridgehead atoms. The number of ketones is 1. The second kappa shape index (κ2) is 8.35. The minimum absolute atomic E-state index is 0.240. The lowest BCUT2D eigenvalue weighted by molar-refractivity contribution is -0.146. The first kappa shape index (κ1) is 18.4. The molecule has 138 valence electrons. The first-order valence-corrected chi connectivity index (χ1v) is 8.58. The molecule has 0 amide bonds. The molecule has 0 aliphatic rings. The van der Waals surface area contributed by atoms with Gasteiger partial charge in [0.15, 0.2) is 12.6 Å². The summed E-state index contributed by atoms with van der Waals surface area (Å²) in [6.07, 6.45) is 1.73. The monoisotopic (exact) mass is 364 g/mol. The van der Waals surface area contributed by atoms with Gasteiger partial charge in [0.25, 0.3) is 0 Å². The molecule has 1 aromatic heterocycles. The number of aryl methyl sites for hydroxylation is 2. The van der Waals surface area contributed by atoms with Gasteiger partial charge in [-0.15, -0.1) is 5.10 Å². The van der Waals surface area contributed by atoms with Crippen LogP contribution in [0.15, 0.2) is 54.9 Å². The third-order valence-corrected chi connectivity index (χ3v) is 4.26. The molecule has 7 nitrogen and oxygen atoms in total. The van der Waals surface area contributed by atoms with Crippen molar-refractivity contribution in [3.05, 3.63) is 77.1 Å². The summed E-state index contributed by atoms with van der Waals surface area (Å²) in [7, 11) is 0. The highest BCUT2D eigenvalue weighted by molar-refractivity contribution is 5.99. The van der Waals surface area contributed by atoms with Crippen molar-refractivity contribution in [2.75, 3.05) is 6.61 Å². The lowest BCUT2D eigenvalue weighted by Crippen LogP contribution is -2.27. The van der Waals surface area contributed by atoms with Crippen LogP contribution in [0.1, 0.15) is 33.1 Å². The van der Waals surface area contributed by atoms with Crippen LogP contribution in [0, 0.1) is 13.8 Å². The van der Waals surface area contributed by atoms with E-state index in [4.69, 9.17) is 4.74 Å². The number of ether oxygens (including phenoxy) is 1. The van der Waals surface area contributed by atoms with Gasteiger partial charge >= 0.3 is 5.97 Å². The number of hydrogen-bond donors (Lipinski definition) is 0. The highest BCUT2D eigenvalue weighted by atomic mass is 16.5. The zero-order chi connectivity index (χ0) is 19.2. The van der Waals surface area contributed by atoms with Crippen molar-refractivity contribution in [2.45, 2.75) is 26.3 Å². The zero-order valence-corrected chi connectivity index (χ0v) is 15.2. The van der Waals surface area contributed by atoms with E-state index in [1.165, 1.54) is 11.0 Å². The number of benzene rings is 2. The maximum atomic E-state index is 12.6. The third kappa shape index (κ3) is 4.63. The smallest absolute Gasteiger partial charge is 0.331 e. The molecular formula is C20H20N4O3. The molecule has 0 aliphatic carbocycles. The second-order valence-electron chi connectivity index (χ2n) is 6.34. The Balaban J connectivity index is 1.70. The molecule has 27 heavy (non-hydrogen) atoms. The molecule has 3 rings (SSSR count). The van der Waals surface area contributed by atoms with Crippen LogP contribution in [0.3, 0.4) is 0 Å². The largest absolute Gasteiger partial charge is 0.456 e. The maximum Gasteiger partial charge on any atom is 0.331 e. The van der Waals surface area contributed by atoms with Crippen molar-refractivity contribution in [1.29, 1.82) is 0 Å². The molecule has 3 aromatic rings. The van der Waals surface area contributed by atoms with Gasteiger partial charge in [-0.3, -0.25) is 4.79 Å². The Morgan fingerprint density at radius 2 is 1.89 bits per heavy atom. The van der Waals surface area contributed by atoms with Crippen LogP contribution in [0.4, 0.5) is 0 Å². The molecular weight excluding hydrogens is 344 g/mol. The fourth-order valence-corrected chi connectivity index (χ4v) is 2.87. The van der Waals surface area contributed by atoms with Gasteiger partial charge in [-0.2, -0.15) is 0 Å². The Labute approximate surface area is 157 Å². The molecule has 0 N–H and O–H groups in total. The van der Waals surface area contributed by atoms with Gasteiger partial charge in [-0.1, -0.05) is 54.1 Å². The van der Waals surface area contributed by atoms with Gasteiger partial charge in [0.05, 0.1) is 0 Å². The maximum absolute atomic E-state index is 12.6. The van der Waals surface area contributed by atoms with E-state index in [1.54, 1.807) is 6.07 Å². The summed E-state index contributed by atoms with van der Waals surface area (Å²) >= 11 is 0. The van der Waals surface area contributed by atoms with Crippen LogP contribution >= 0.6 is 0 Å². The van der Waals surface area contributed by atoms with Gasteiger partial charge in [-0.05, 0) is 35.4 Å². The first-order chi connectivity index (χ1) is 13.0. The van der Waals surface area contributed by atoms with E-state index < -0.39 is 12.0 Å². The van der Waals surface area contributed by atoms with E-state index in [2.05, 4.69) is 15.5 Å². The fourth-order valence-electron chi connectivity index (χ4n) is 2.87. The van der Waals surface area contributed by atoms with Crippen molar-refractivity contribution in [2.24, 2.45) is 0 Å². The molecule has 1 atom stereocenters. The van der Waals surface area contributed by atoms with Gasteiger partial charge < -0.3 is 4.74 Å². The number of Topliss-reactive ketones (excluding diaryl/α,β-unsaturated/α-hetero) is 1. The molecule has 0 unspecified atom stereocenters. The summed E-state index contributed by atoms with van der Waals surface area (Å²) in [6, 6.07) is 14.3. The zero-order valence-electron chi connectivity index (χ0n) is 15.2. The van der Waals surface area contributed by atoms with Crippen molar-refractivity contribution >= 4 is 11.8 Å². The number of nitrogens with zero attached hydrogens (tertiary/aromatic N) is 4. The molecule has 0 saturated heterocycles. The molecule has 0 spiro atoms. The molecule has 0 aliphatic heterocycles.